The van der Waals surface area contributed by atoms with Crippen LogP contribution in [0.1, 0.15) is 6.42 Å². The lowest BCUT2D eigenvalue weighted by atomic mass is 10.1. The summed E-state index contributed by atoms with van der Waals surface area (Å²) in [5.74, 6) is 2.26. The molecule has 1 N–H and O–H groups in total. The molecule has 5 heterocycles. The molecule has 0 aliphatic carbocycles. The molecule has 10 heteroatoms. The minimum absolute atomic E-state index is 0.238. The van der Waals surface area contributed by atoms with Crippen molar-refractivity contribution in [3.63, 3.8) is 0 Å². The first kappa shape index (κ1) is 25.0. The van der Waals surface area contributed by atoms with E-state index in [0.29, 0.717) is 24.5 Å². The Labute approximate surface area is 235 Å². The molecule has 202 valence electrons. The van der Waals surface area contributed by atoms with Crippen molar-refractivity contribution in [3.05, 3.63) is 73.1 Å². The van der Waals surface area contributed by atoms with Crippen LogP contribution in [0.2, 0.25) is 0 Å². The number of nitrogens with one attached hydrogen (secondary N) is 1. The summed E-state index contributed by atoms with van der Waals surface area (Å²) in [6, 6.07) is 20.5. The van der Waals surface area contributed by atoms with Crippen LogP contribution in [0.25, 0.3) is 21.8 Å². The van der Waals surface area contributed by atoms with Gasteiger partial charge in [-0.05, 0) is 36.8 Å². The number of hydrogen-bond acceptors (Lipinski definition) is 9. The molecule has 5 aromatic rings. The molecule has 0 amide bonds. The van der Waals surface area contributed by atoms with Crippen LogP contribution in [0, 0.1) is 0 Å². The van der Waals surface area contributed by atoms with Crippen LogP contribution >= 0.6 is 11.8 Å². The highest BCUT2D eigenvalue weighted by Crippen LogP contribution is 2.35. The van der Waals surface area contributed by atoms with Gasteiger partial charge in [0.05, 0.1) is 18.8 Å². The Hall–Kier alpha value is -4.02. The lowest BCUT2D eigenvalue weighted by molar-refractivity contribution is 0.223. The second-order valence-electron chi connectivity index (χ2n) is 10.1. The summed E-state index contributed by atoms with van der Waals surface area (Å²) in [6.07, 6.45) is 3.37. The van der Waals surface area contributed by atoms with Gasteiger partial charge in [-0.15, -0.1) is 10.2 Å². The van der Waals surface area contributed by atoms with Crippen LogP contribution in [0.3, 0.4) is 0 Å². The highest BCUT2D eigenvalue weighted by Gasteiger charge is 2.37. The molecule has 2 aliphatic rings. The van der Waals surface area contributed by atoms with Crippen LogP contribution in [-0.4, -0.2) is 70.6 Å². The molecule has 8 nitrogen and oxygen atoms in total. The summed E-state index contributed by atoms with van der Waals surface area (Å²) < 4.78 is 19.3. The Bertz CT molecular complexity index is 1690. The lowest BCUT2D eigenvalue weighted by Crippen LogP contribution is -2.50. The predicted octanol–water partition coefficient (Wildman–Crippen LogP) is 5.71. The summed E-state index contributed by atoms with van der Waals surface area (Å²) in [5, 5.41) is 14.8. The highest BCUT2D eigenvalue weighted by molar-refractivity contribution is 7.99. The zero-order chi connectivity index (χ0) is 27.1. The van der Waals surface area contributed by atoms with E-state index in [2.05, 4.69) is 59.5 Å². The van der Waals surface area contributed by atoms with Gasteiger partial charge < -0.3 is 15.0 Å². The zero-order valence-electron chi connectivity index (χ0n) is 22.0. The summed E-state index contributed by atoms with van der Waals surface area (Å²) in [6.45, 7) is 3.01. The van der Waals surface area contributed by atoms with Crippen LogP contribution in [0.4, 0.5) is 21.7 Å². The maximum absolute atomic E-state index is 14.0. The average Bonchev–Trinajstić information content (AvgIpc) is 3.37. The molecule has 0 bridgehead atoms. The number of benzene rings is 2. The number of nitrogens with zero attached hydrogens (tertiary/aromatic N) is 6. The van der Waals surface area contributed by atoms with E-state index in [0.717, 1.165) is 62.7 Å². The third-order valence-electron chi connectivity index (χ3n) is 7.63. The molecule has 0 radical (unpaired) electrons. The number of ether oxygens (including phenoxy) is 1. The van der Waals surface area contributed by atoms with E-state index in [1.54, 1.807) is 31.3 Å². The largest absolute Gasteiger partial charge is 0.495 e. The molecule has 0 spiro atoms. The maximum atomic E-state index is 14.0. The normalized spacial score (nSPS) is 19.2. The first-order valence-corrected chi connectivity index (χ1v) is 14.2. The van der Waals surface area contributed by atoms with E-state index in [-0.39, 0.29) is 6.04 Å². The summed E-state index contributed by atoms with van der Waals surface area (Å²) >= 11 is 1.64. The second-order valence-corrected chi connectivity index (χ2v) is 11.3. The fourth-order valence-corrected chi connectivity index (χ4v) is 6.55. The molecule has 2 atom stereocenters. The van der Waals surface area contributed by atoms with Crippen molar-refractivity contribution in [2.24, 2.45) is 0 Å². The molecule has 2 saturated heterocycles. The van der Waals surface area contributed by atoms with E-state index in [4.69, 9.17) is 4.74 Å². The van der Waals surface area contributed by atoms with Crippen molar-refractivity contribution >= 4 is 50.9 Å². The fourth-order valence-electron chi connectivity index (χ4n) is 5.64. The number of hydrogen-bond donors (Lipinski definition) is 1. The number of pyridine rings is 2. The van der Waals surface area contributed by atoms with Gasteiger partial charge in [0.2, 0.25) is 0 Å². The molecule has 7 rings (SSSR count). The van der Waals surface area contributed by atoms with Crippen molar-refractivity contribution in [1.82, 2.24) is 25.1 Å². The third-order valence-corrected chi connectivity index (χ3v) is 8.69. The number of piperazine rings is 1. The Morgan fingerprint density at radius 3 is 2.67 bits per heavy atom. The summed E-state index contributed by atoms with van der Waals surface area (Å²) in [7, 11) is 1.62. The van der Waals surface area contributed by atoms with Gasteiger partial charge in [0, 0.05) is 70.7 Å². The topological polar surface area (TPSA) is 79.3 Å². The molecule has 0 unspecified atom stereocenters. The number of halogens is 1. The Morgan fingerprint density at radius 1 is 0.975 bits per heavy atom. The van der Waals surface area contributed by atoms with Gasteiger partial charge in [-0.25, -0.2) is 9.37 Å². The minimum atomic E-state index is -0.728. The minimum Gasteiger partial charge on any atom is -0.495 e. The lowest BCUT2D eigenvalue weighted by Gasteiger charge is -2.38. The van der Waals surface area contributed by atoms with Crippen LogP contribution in [0.15, 0.2) is 82.8 Å². The van der Waals surface area contributed by atoms with E-state index >= 15 is 0 Å². The van der Waals surface area contributed by atoms with Gasteiger partial charge in [-0.3, -0.25) is 9.88 Å². The quantitative estimate of drug-likeness (QED) is 0.284. The predicted molar refractivity (Wildman–Crippen MR) is 157 cm³/mol. The van der Waals surface area contributed by atoms with Gasteiger partial charge in [-0.2, -0.15) is 0 Å². The molecule has 3 aromatic heterocycles. The van der Waals surface area contributed by atoms with Crippen molar-refractivity contribution in [1.29, 1.82) is 0 Å². The number of fused-ring (bicyclic) bond motifs is 3. The standard InChI is InChI=1S/C30H28FN7OS/c1-39-22-15-26-28(33-16-22)27(10-11-32-26)40-23-8-6-20(7-9-23)34-29-24-4-2-3-5-25(24)30(36-35-29)38-13-12-37-17-19(31)14-21(37)18-38/h2-11,15-16,19,21H,12-14,17-18H2,1H3,(H,34,35)/t19-,21+/m1/s1. The smallest absolute Gasteiger partial charge is 0.161 e. The average molecular weight is 554 g/mol. The molecule has 2 aromatic carbocycles. The summed E-state index contributed by atoms with van der Waals surface area (Å²) in [5.41, 5.74) is 2.57. The Morgan fingerprint density at radius 2 is 1.82 bits per heavy atom. The van der Waals surface area contributed by atoms with E-state index in [1.807, 2.05) is 36.4 Å². The number of anilines is 3. The van der Waals surface area contributed by atoms with Crippen LogP contribution in [-0.2, 0) is 0 Å². The van der Waals surface area contributed by atoms with Crippen LogP contribution in [0.5, 0.6) is 5.75 Å². The number of methoxy groups -OCH3 is 1. The second kappa shape index (κ2) is 10.5. The van der Waals surface area contributed by atoms with Gasteiger partial charge in [0.25, 0.3) is 0 Å². The number of aromatic nitrogens is 4. The van der Waals surface area contributed by atoms with Crippen LogP contribution < -0.4 is 15.0 Å². The van der Waals surface area contributed by atoms with E-state index < -0.39 is 6.17 Å². The van der Waals surface area contributed by atoms with E-state index in [9.17, 15) is 4.39 Å². The fraction of sp³-hybridized carbons (Fsp3) is 0.267. The summed E-state index contributed by atoms with van der Waals surface area (Å²) in [4.78, 5) is 15.6. The third kappa shape index (κ3) is 4.77. The maximum Gasteiger partial charge on any atom is 0.161 e. The molecule has 2 fully saturated rings. The SMILES string of the molecule is COc1cnc2c(Sc3ccc(Nc4nnc(N5CCN6C[C@H](F)C[C@H]6C5)c5ccccc45)cc3)ccnc2c1. The van der Waals surface area contributed by atoms with E-state index in [1.165, 1.54) is 0 Å². The van der Waals surface area contributed by atoms with Gasteiger partial charge in [-0.1, -0.05) is 36.0 Å². The van der Waals surface area contributed by atoms with Gasteiger partial charge in [0.15, 0.2) is 11.6 Å². The highest BCUT2D eigenvalue weighted by atomic mass is 32.2. The van der Waals surface area contributed by atoms with Crippen molar-refractivity contribution in [2.75, 3.05) is 43.5 Å². The zero-order valence-corrected chi connectivity index (χ0v) is 22.8. The molecule has 0 saturated carbocycles. The molecule has 40 heavy (non-hydrogen) atoms. The number of alkyl halides is 1. The first-order valence-electron chi connectivity index (χ1n) is 13.4. The molecule has 2 aliphatic heterocycles. The van der Waals surface area contributed by atoms with Gasteiger partial charge in [0.1, 0.15) is 17.4 Å². The van der Waals surface area contributed by atoms with Crippen molar-refractivity contribution in [3.8, 4) is 5.75 Å². The molecular formula is C30H28FN7OS. The Balaban J connectivity index is 1.10. The monoisotopic (exact) mass is 553 g/mol. The Kier molecular flexibility index (Phi) is 6.57. The van der Waals surface area contributed by atoms with Crippen molar-refractivity contribution < 1.29 is 9.13 Å². The van der Waals surface area contributed by atoms with Gasteiger partial charge >= 0.3 is 0 Å². The molecular weight excluding hydrogens is 525 g/mol. The number of rotatable bonds is 6. The van der Waals surface area contributed by atoms with Crippen molar-refractivity contribution in [2.45, 2.75) is 28.4 Å². The first-order chi connectivity index (χ1) is 19.6.